The van der Waals surface area contributed by atoms with E-state index in [4.69, 9.17) is 4.74 Å². The molecule has 10 heteroatoms. The molecule has 31 heavy (non-hydrogen) atoms. The first-order valence-corrected chi connectivity index (χ1v) is 11.3. The van der Waals surface area contributed by atoms with Crippen molar-refractivity contribution in [2.75, 3.05) is 12.4 Å². The molecule has 0 aliphatic carbocycles. The van der Waals surface area contributed by atoms with Gasteiger partial charge in [-0.15, -0.1) is 23.1 Å². The van der Waals surface area contributed by atoms with Gasteiger partial charge >= 0.3 is 11.9 Å². The van der Waals surface area contributed by atoms with E-state index in [1.807, 2.05) is 17.5 Å². The summed E-state index contributed by atoms with van der Waals surface area (Å²) in [4.78, 5) is 51.0. The summed E-state index contributed by atoms with van der Waals surface area (Å²) >= 11 is 2.78. The SMILES string of the molecule is O=C(Cc1cccs1)NC1C(=O)N2C(C(=O)O)=C(COC(=O)c3ccccc3)CS[C@H]12. The van der Waals surface area contributed by atoms with E-state index in [2.05, 4.69) is 5.32 Å². The van der Waals surface area contributed by atoms with Gasteiger partial charge in [-0.3, -0.25) is 14.5 Å². The number of carbonyl (C=O) groups excluding carboxylic acids is 3. The van der Waals surface area contributed by atoms with Crippen molar-refractivity contribution in [3.05, 3.63) is 69.6 Å². The standard InChI is InChI=1S/C21H18N2O6S2/c24-15(9-14-7-4-8-30-14)22-16-18(25)23-17(20(26)27)13(11-31-19(16)23)10-29-21(28)12-5-2-1-3-6-12/h1-8,16,19H,9-11H2,(H,22,24)(H,26,27)/t16?,19-/m1/s1. The van der Waals surface area contributed by atoms with Gasteiger partial charge in [-0.25, -0.2) is 9.59 Å². The van der Waals surface area contributed by atoms with Gasteiger partial charge < -0.3 is 15.2 Å². The van der Waals surface area contributed by atoms with Crippen molar-refractivity contribution in [2.45, 2.75) is 17.8 Å². The van der Waals surface area contributed by atoms with Gasteiger partial charge in [-0.2, -0.15) is 0 Å². The third-order valence-corrected chi connectivity index (χ3v) is 7.08. The van der Waals surface area contributed by atoms with Crippen LogP contribution in [0.15, 0.2) is 59.1 Å². The minimum absolute atomic E-state index is 0.168. The first-order valence-electron chi connectivity index (χ1n) is 9.39. The quantitative estimate of drug-likeness (QED) is 0.481. The van der Waals surface area contributed by atoms with Crippen molar-refractivity contribution in [1.29, 1.82) is 0 Å². The normalized spacial score (nSPS) is 20.0. The number of nitrogens with zero attached hydrogens (tertiary/aromatic N) is 1. The van der Waals surface area contributed by atoms with Crippen LogP contribution in [0.25, 0.3) is 0 Å². The van der Waals surface area contributed by atoms with Gasteiger partial charge in [0.05, 0.1) is 12.0 Å². The van der Waals surface area contributed by atoms with Crippen molar-refractivity contribution in [1.82, 2.24) is 10.2 Å². The van der Waals surface area contributed by atoms with Gasteiger partial charge in [-0.05, 0) is 23.6 Å². The number of hydrogen-bond acceptors (Lipinski definition) is 7. The molecule has 2 aliphatic rings. The Morgan fingerprint density at radius 3 is 2.61 bits per heavy atom. The highest BCUT2D eigenvalue weighted by atomic mass is 32.2. The summed E-state index contributed by atoms with van der Waals surface area (Å²) in [5, 5.41) is 13.8. The van der Waals surface area contributed by atoms with Crippen molar-refractivity contribution in [3.8, 4) is 0 Å². The highest BCUT2D eigenvalue weighted by Gasteiger charge is 2.54. The predicted octanol–water partition coefficient (Wildman–Crippen LogP) is 1.89. The average molecular weight is 459 g/mol. The van der Waals surface area contributed by atoms with E-state index >= 15 is 0 Å². The molecule has 160 valence electrons. The number of rotatable bonds is 7. The van der Waals surface area contributed by atoms with E-state index in [0.29, 0.717) is 11.1 Å². The van der Waals surface area contributed by atoms with Crippen molar-refractivity contribution in [3.63, 3.8) is 0 Å². The molecule has 4 rings (SSSR count). The van der Waals surface area contributed by atoms with Crippen LogP contribution >= 0.6 is 23.1 Å². The van der Waals surface area contributed by atoms with Gasteiger partial charge in [0.1, 0.15) is 23.7 Å². The molecule has 1 aromatic carbocycles. The third kappa shape index (κ3) is 4.35. The number of esters is 1. The number of nitrogens with one attached hydrogen (secondary N) is 1. The maximum Gasteiger partial charge on any atom is 0.352 e. The van der Waals surface area contributed by atoms with Crippen molar-refractivity contribution < 1.29 is 29.0 Å². The number of fused-ring (bicyclic) bond motifs is 1. The number of benzene rings is 1. The lowest BCUT2D eigenvalue weighted by atomic mass is 10.0. The molecule has 2 aliphatic heterocycles. The number of hydrogen-bond donors (Lipinski definition) is 2. The zero-order valence-corrected chi connectivity index (χ0v) is 17.8. The van der Waals surface area contributed by atoms with E-state index in [1.54, 1.807) is 30.3 Å². The lowest BCUT2D eigenvalue weighted by molar-refractivity contribution is -0.150. The van der Waals surface area contributed by atoms with Gasteiger partial charge in [0.25, 0.3) is 5.91 Å². The third-order valence-electron chi connectivity index (χ3n) is 4.87. The largest absolute Gasteiger partial charge is 0.477 e. The molecule has 2 atom stereocenters. The van der Waals surface area contributed by atoms with Crippen LogP contribution in [0.3, 0.4) is 0 Å². The zero-order chi connectivity index (χ0) is 22.0. The summed E-state index contributed by atoms with van der Waals surface area (Å²) in [7, 11) is 0. The molecule has 2 aromatic rings. The number of thiophene rings is 1. The molecule has 0 spiro atoms. The number of carboxylic acid groups (broad SMARTS) is 1. The van der Waals surface area contributed by atoms with Gasteiger partial charge in [-0.1, -0.05) is 24.3 Å². The Morgan fingerprint density at radius 1 is 1.16 bits per heavy atom. The predicted molar refractivity (Wildman–Crippen MR) is 114 cm³/mol. The van der Waals surface area contributed by atoms with Crippen LogP contribution < -0.4 is 5.32 Å². The molecule has 8 nitrogen and oxygen atoms in total. The number of β-lactam (4-membered cyclic amide) rings is 1. The van der Waals surface area contributed by atoms with Crippen LogP contribution in [0.5, 0.6) is 0 Å². The summed E-state index contributed by atoms with van der Waals surface area (Å²) in [5.74, 6) is -2.34. The second kappa shape index (κ2) is 8.94. The Balaban J connectivity index is 1.42. The second-order valence-electron chi connectivity index (χ2n) is 6.91. The first-order chi connectivity index (χ1) is 15.0. The highest BCUT2D eigenvalue weighted by molar-refractivity contribution is 8.00. The molecule has 1 aromatic heterocycles. The highest BCUT2D eigenvalue weighted by Crippen LogP contribution is 2.40. The number of amides is 2. The molecule has 0 radical (unpaired) electrons. The van der Waals surface area contributed by atoms with Crippen molar-refractivity contribution in [2.24, 2.45) is 0 Å². The van der Waals surface area contributed by atoms with E-state index < -0.39 is 29.3 Å². The van der Waals surface area contributed by atoms with Crippen LogP contribution in [0.2, 0.25) is 0 Å². The summed E-state index contributed by atoms with van der Waals surface area (Å²) in [5.41, 5.74) is 0.517. The molecular formula is C21H18N2O6S2. The number of thioether (sulfide) groups is 1. The summed E-state index contributed by atoms with van der Waals surface area (Å²) in [6, 6.07) is 11.3. The minimum Gasteiger partial charge on any atom is -0.477 e. The number of carbonyl (C=O) groups is 4. The first kappa shape index (κ1) is 21.1. The Bertz CT molecular complexity index is 1050. The molecule has 2 amide bonds. The molecule has 1 fully saturated rings. The average Bonchev–Trinajstić information content (AvgIpc) is 3.28. The fourth-order valence-electron chi connectivity index (χ4n) is 3.40. The fraction of sp³-hybridized carbons (Fsp3) is 0.238. The van der Waals surface area contributed by atoms with Crippen LogP contribution in [-0.4, -0.2) is 57.5 Å². The second-order valence-corrected chi connectivity index (χ2v) is 9.05. The number of ether oxygens (including phenoxy) is 1. The van der Waals surface area contributed by atoms with Gasteiger partial charge in [0, 0.05) is 16.2 Å². The molecule has 0 bridgehead atoms. The number of aliphatic carboxylic acids is 1. The van der Waals surface area contributed by atoms with Crippen LogP contribution in [0.4, 0.5) is 0 Å². The number of carboxylic acids is 1. The molecule has 1 saturated heterocycles. The maximum atomic E-state index is 12.6. The van der Waals surface area contributed by atoms with Crippen LogP contribution in [-0.2, 0) is 25.5 Å². The summed E-state index contributed by atoms with van der Waals surface area (Å²) < 4.78 is 5.26. The van der Waals surface area contributed by atoms with E-state index in [-0.39, 0.29) is 30.4 Å². The molecular weight excluding hydrogens is 440 g/mol. The lowest BCUT2D eigenvalue weighted by Gasteiger charge is -2.49. The Morgan fingerprint density at radius 2 is 1.94 bits per heavy atom. The fourth-order valence-corrected chi connectivity index (χ4v) is 5.43. The minimum atomic E-state index is -1.27. The monoisotopic (exact) mass is 458 g/mol. The van der Waals surface area contributed by atoms with Crippen LogP contribution in [0.1, 0.15) is 15.2 Å². The maximum absolute atomic E-state index is 12.6. The Kier molecular flexibility index (Phi) is 6.10. The molecule has 2 N–H and O–H groups in total. The van der Waals surface area contributed by atoms with Crippen LogP contribution in [0, 0.1) is 0 Å². The Hall–Kier alpha value is -3.11. The zero-order valence-electron chi connectivity index (χ0n) is 16.1. The molecule has 3 heterocycles. The van der Waals surface area contributed by atoms with E-state index in [0.717, 1.165) is 9.78 Å². The van der Waals surface area contributed by atoms with E-state index in [9.17, 15) is 24.3 Å². The summed E-state index contributed by atoms with van der Waals surface area (Å²) in [6.07, 6.45) is 0.168. The smallest absolute Gasteiger partial charge is 0.352 e. The van der Waals surface area contributed by atoms with E-state index in [1.165, 1.54) is 23.1 Å². The Labute approximate surface area is 185 Å². The topological polar surface area (TPSA) is 113 Å². The van der Waals surface area contributed by atoms with Crippen molar-refractivity contribution >= 4 is 46.9 Å². The molecule has 0 saturated carbocycles. The molecule has 1 unspecified atom stereocenters. The van der Waals surface area contributed by atoms with Gasteiger partial charge in [0.15, 0.2) is 0 Å². The van der Waals surface area contributed by atoms with Gasteiger partial charge in [0.2, 0.25) is 5.91 Å². The lowest BCUT2D eigenvalue weighted by Crippen LogP contribution is -2.70. The summed E-state index contributed by atoms with van der Waals surface area (Å²) in [6.45, 7) is -0.228.